The van der Waals surface area contributed by atoms with E-state index in [0.29, 0.717) is 12.5 Å². The van der Waals surface area contributed by atoms with Crippen molar-refractivity contribution < 1.29 is 4.79 Å². The number of rotatable bonds is 9. The Balaban J connectivity index is 2.21. The van der Waals surface area contributed by atoms with Gasteiger partial charge >= 0.3 is 0 Å². The number of hydrogen-bond acceptors (Lipinski definition) is 2. The van der Waals surface area contributed by atoms with Gasteiger partial charge in [0.15, 0.2) is 0 Å². The van der Waals surface area contributed by atoms with Crippen LogP contribution in [0.1, 0.15) is 25.0 Å². The van der Waals surface area contributed by atoms with Gasteiger partial charge in [0.05, 0.1) is 0 Å². The number of carbonyl (C=O) groups is 1. The molecule has 26 heavy (non-hydrogen) atoms. The fourth-order valence-corrected chi connectivity index (χ4v) is 3.36. The smallest absolute Gasteiger partial charge is 0.243 e. The second kappa shape index (κ2) is 10.5. The number of nitrogens with zero attached hydrogens (tertiary/aromatic N) is 1. The molecule has 0 bridgehead atoms. The zero-order valence-electron chi connectivity index (χ0n) is 15.5. The highest BCUT2D eigenvalue weighted by Gasteiger charge is 2.23. The van der Waals surface area contributed by atoms with E-state index in [9.17, 15) is 4.79 Å². The SMILES string of the molecule is C=CC(=O)NC[C@H](C(C)C)N(Cc1ccccc1)Cc1ccc(I)cc1. The van der Waals surface area contributed by atoms with E-state index in [-0.39, 0.29) is 11.9 Å². The number of nitrogens with one attached hydrogen (secondary N) is 1. The van der Waals surface area contributed by atoms with Crippen LogP contribution in [0, 0.1) is 9.49 Å². The molecule has 0 aliphatic carbocycles. The van der Waals surface area contributed by atoms with Gasteiger partial charge in [-0.25, -0.2) is 0 Å². The van der Waals surface area contributed by atoms with Crippen LogP contribution < -0.4 is 5.32 Å². The lowest BCUT2D eigenvalue weighted by Crippen LogP contribution is -2.46. The monoisotopic (exact) mass is 462 g/mol. The predicted octanol–water partition coefficient (Wildman–Crippen LogP) is 4.62. The molecule has 2 rings (SSSR count). The molecule has 0 radical (unpaired) electrons. The fraction of sp³-hybridized carbons (Fsp3) is 0.318. The molecule has 0 aliphatic rings. The minimum atomic E-state index is -0.121. The highest BCUT2D eigenvalue weighted by Crippen LogP contribution is 2.19. The lowest BCUT2D eigenvalue weighted by atomic mass is 10.00. The molecule has 3 nitrogen and oxygen atoms in total. The largest absolute Gasteiger partial charge is 0.351 e. The molecule has 138 valence electrons. The highest BCUT2D eigenvalue weighted by molar-refractivity contribution is 14.1. The standard InChI is InChI=1S/C22H27IN2O/c1-4-22(26)24-14-21(17(2)3)25(15-18-8-6-5-7-9-18)16-19-10-12-20(23)13-11-19/h4-13,17,21H,1,14-16H2,2-3H3,(H,24,26)/t21-/m1/s1. The summed E-state index contributed by atoms with van der Waals surface area (Å²) in [6.07, 6.45) is 1.33. The van der Waals surface area contributed by atoms with Crippen LogP contribution in [0.15, 0.2) is 67.3 Å². The molecule has 1 atom stereocenters. The van der Waals surface area contributed by atoms with E-state index in [2.05, 4.69) is 102 Å². The Morgan fingerprint density at radius 2 is 1.65 bits per heavy atom. The van der Waals surface area contributed by atoms with Crippen molar-refractivity contribution in [2.75, 3.05) is 6.54 Å². The van der Waals surface area contributed by atoms with Gasteiger partial charge in [-0.05, 0) is 57.8 Å². The number of amides is 1. The first kappa shape index (κ1) is 20.6. The Morgan fingerprint density at radius 3 is 2.19 bits per heavy atom. The van der Waals surface area contributed by atoms with E-state index < -0.39 is 0 Å². The fourth-order valence-electron chi connectivity index (χ4n) is 3.00. The number of hydrogen-bond donors (Lipinski definition) is 1. The number of carbonyl (C=O) groups excluding carboxylic acids is 1. The van der Waals surface area contributed by atoms with Gasteiger partial charge in [0, 0.05) is 29.2 Å². The Kier molecular flexibility index (Phi) is 8.32. The molecule has 0 heterocycles. The molecule has 2 aromatic carbocycles. The maximum atomic E-state index is 11.7. The molecule has 0 saturated heterocycles. The van der Waals surface area contributed by atoms with E-state index in [0.717, 1.165) is 13.1 Å². The maximum absolute atomic E-state index is 11.7. The summed E-state index contributed by atoms with van der Waals surface area (Å²) in [4.78, 5) is 14.1. The molecule has 0 unspecified atom stereocenters. The average Bonchev–Trinajstić information content (AvgIpc) is 2.64. The van der Waals surface area contributed by atoms with Crippen molar-refractivity contribution >= 4 is 28.5 Å². The van der Waals surface area contributed by atoms with Crippen LogP contribution in [-0.4, -0.2) is 23.4 Å². The molecule has 0 fully saturated rings. The van der Waals surface area contributed by atoms with E-state index in [1.165, 1.54) is 20.8 Å². The molecule has 0 aromatic heterocycles. The molecule has 0 spiro atoms. The topological polar surface area (TPSA) is 32.3 Å². The van der Waals surface area contributed by atoms with Crippen molar-refractivity contribution in [3.8, 4) is 0 Å². The van der Waals surface area contributed by atoms with Gasteiger partial charge in [-0.3, -0.25) is 9.69 Å². The summed E-state index contributed by atoms with van der Waals surface area (Å²) in [6.45, 7) is 10.3. The first-order chi connectivity index (χ1) is 12.5. The maximum Gasteiger partial charge on any atom is 0.243 e. The Bertz CT molecular complexity index is 698. The highest BCUT2D eigenvalue weighted by atomic mass is 127. The van der Waals surface area contributed by atoms with Gasteiger partial charge in [0.1, 0.15) is 0 Å². The molecular formula is C22H27IN2O. The van der Waals surface area contributed by atoms with Crippen LogP contribution in [0.5, 0.6) is 0 Å². The number of benzene rings is 2. The molecule has 1 N–H and O–H groups in total. The zero-order valence-corrected chi connectivity index (χ0v) is 17.6. The lowest BCUT2D eigenvalue weighted by molar-refractivity contribution is -0.116. The molecule has 1 amide bonds. The third kappa shape index (κ3) is 6.57. The van der Waals surface area contributed by atoms with Gasteiger partial charge in [-0.2, -0.15) is 0 Å². The molecule has 2 aromatic rings. The summed E-state index contributed by atoms with van der Waals surface area (Å²) in [5.41, 5.74) is 2.56. The van der Waals surface area contributed by atoms with E-state index >= 15 is 0 Å². The Labute approximate surface area is 170 Å². The molecule has 0 saturated carbocycles. The Morgan fingerprint density at radius 1 is 1.08 bits per heavy atom. The van der Waals surface area contributed by atoms with Crippen LogP contribution in [0.3, 0.4) is 0 Å². The van der Waals surface area contributed by atoms with Crippen LogP contribution in [0.2, 0.25) is 0 Å². The average molecular weight is 462 g/mol. The van der Waals surface area contributed by atoms with Crippen LogP contribution >= 0.6 is 22.6 Å². The molecule has 4 heteroatoms. The van der Waals surface area contributed by atoms with Crippen LogP contribution in [-0.2, 0) is 17.9 Å². The van der Waals surface area contributed by atoms with E-state index in [4.69, 9.17) is 0 Å². The van der Waals surface area contributed by atoms with Gasteiger partial charge in [0.25, 0.3) is 0 Å². The van der Waals surface area contributed by atoms with Crippen molar-refractivity contribution in [3.05, 3.63) is 81.9 Å². The molecule has 0 aliphatic heterocycles. The summed E-state index contributed by atoms with van der Waals surface area (Å²) in [7, 11) is 0. The first-order valence-corrected chi connectivity index (χ1v) is 10.00. The Hall–Kier alpha value is -1.66. The summed E-state index contributed by atoms with van der Waals surface area (Å²) in [5.74, 6) is 0.289. The molecular weight excluding hydrogens is 435 g/mol. The normalized spacial score (nSPS) is 12.2. The summed E-state index contributed by atoms with van der Waals surface area (Å²) in [5, 5.41) is 2.98. The summed E-state index contributed by atoms with van der Waals surface area (Å²) < 4.78 is 1.24. The van der Waals surface area contributed by atoms with Crippen LogP contribution in [0.25, 0.3) is 0 Å². The lowest BCUT2D eigenvalue weighted by Gasteiger charge is -2.35. The quantitative estimate of drug-likeness (QED) is 0.436. The van der Waals surface area contributed by atoms with Gasteiger partial charge in [0.2, 0.25) is 5.91 Å². The van der Waals surface area contributed by atoms with Gasteiger partial charge < -0.3 is 5.32 Å². The van der Waals surface area contributed by atoms with Crippen molar-refractivity contribution in [2.45, 2.75) is 33.0 Å². The van der Waals surface area contributed by atoms with E-state index in [1.807, 2.05) is 6.07 Å². The van der Waals surface area contributed by atoms with Gasteiger partial charge in [-0.15, -0.1) is 0 Å². The van der Waals surface area contributed by atoms with Crippen molar-refractivity contribution in [1.29, 1.82) is 0 Å². The minimum Gasteiger partial charge on any atom is -0.351 e. The van der Waals surface area contributed by atoms with Crippen molar-refractivity contribution in [2.24, 2.45) is 5.92 Å². The van der Waals surface area contributed by atoms with Gasteiger partial charge in [-0.1, -0.05) is 62.9 Å². The second-order valence-corrected chi connectivity index (χ2v) is 8.02. The predicted molar refractivity (Wildman–Crippen MR) is 117 cm³/mol. The van der Waals surface area contributed by atoms with E-state index in [1.54, 1.807) is 0 Å². The van der Waals surface area contributed by atoms with Crippen LogP contribution in [0.4, 0.5) is 0 Å². The summed E-state index contributed by atoms with van der Waals surface area (Å²) in [6, 6.07) is 19.4. The zero-order chi connectivity index (χ0) is 18.9. The third-order valence-corrected chi connectivity index (χ3v) is 5.16. The third-order valence-electron chi connectivity index (χ3n) is 4.44. The van der Waals surface area contributed by atoms with Crippen molar-refractivity contribution in [3.63, 3.8) is 0 Å². The minimum absolute atomic E-state index is 0.121. The summed E-state index contributed by atoms with van der Waals surface area (Å²) >= 11 is 2.33. The number of halogens is 1. The van der Waals surface area contributed by atoms with Crippen molar-refractivity contribution in [1.82, 2.24) is 10.2 Å². The first-order valence-electron chi connectivity index (χ1n) is 8.92. The second-order valence-electron chi connectivity index (χ2n) is 6.78.